The molecule has 0 saturated carbocycles. The summed E-state index contributed by atoms with van der Waals surface area (Å²) in [4.78, 5) is 0. The van der Waals surface area contributed by atoms with E-state index in [9.17, 15) is 13.2 Å². The monoisotopic (exact) mass is 247 g/mol. The Morgan fingerprint density at radius 1 is 1.35 bits per heavy atom. The number of rotatable bonds is 5. The van der Waals surface area contributed by atoms with Crippen molar-refractivity contribution in [2.75, 3.05) is 13.2 Å². The summed E-state index contributed by atoms with van der Waals surface area (Å²) in [5.74, 6) is 0. The molecule has 1 atom stereocenters. The van der Waals surface area contributed by atoms with Crippen molar-refractivity contribution in [2.45, 2.75) is 25.6 Å². The number of nitrogens with two attached hydrogens (primary N) is 1. The molecule has 1 rings (SSSR count). The summed E-state index contributed by atoms with van der Waals surface area (Å²) in [6, 6.07) is 4.68. The summed E-state index contributed by atoms with van der Waals surface area (Å²) in [5.41, 5.74) is 5.62. The van der Waals surface area contributed by atoms with Gasteiger partial charge >= 0.3 is 6.18 Å². The van der Waals surface area contributed by atoms with Gasteiger partial charge in [0, 0.05) is 19.3 Å². The Bertz CT molecular complexity index is 352. The Morgan fingerprint density at radius 3 is 2.65 bits per heavy atom. The Labute approximate surface area is 98.6 Å². The third-order valence-corrected chi connectivity index (χ3v) is 2.42. The molecule has 1 aromatic carbocycles. The van der Waals surface area contributed by atoms with Crippen molar-refractivity contribution >= 4 is 0 Å². The Hall–Kier alpha value is -1.07. The van der Waals surface area contributed by atoms with Gasteiger partial charge in [-0.05, 0) is 31.0 Å². The zero-order chi connectivity index (χ0) is 12.9. The van der Waals surface area contributed by atoms with E-state index in [-0.39, 0.29) is 0 Å². The van der Waals surface area contributed by atoms with E-state index in [4.69, 9.17) is 10.5 Å². The van der Waals surface area contributed by atoms with Crippen molar-refractivity contribution in [1.29, 1.82) is 0 Å². The fourth-order valence-electron chi connectivity index (χ4n) is 1.47. The molecule has 5 heteroatoms. The second-order valence-corrected chi connectivity index (χ2v) is 3.72. The van der Waals surface area contributed by atoms with Crippen LogP contribution in [0.4, 0.5) is 13.2 Å². The summed E-state index contributed by atoms with van der Waals surface area (Å²) in [6.45, 7) is 2.89. The number of hydrogen-bond acceptors (Lipinski definition) is 2. The molecule has 17 heavy (non-hydrogen) atoms. The van der Waals surface area contributed by atoms with Crippen molar-refractivity contribution in [2.24, 2.45) is 5.73 Å². The standard InChI is InChI=1S/C12H16F3NO/c1-2-17-7-6-11(16)9-4-3-5-10(8-9)12(13,14)15/h3-5,8,11H,2,6-7,16H2,1H3. The lowest BCUT2D eigenvalue weighted by molar-refractivity contribution is -0.137. The van der Waals surface area contributed by atoms with Crippen LogP contribution in [-0.2, 0) is 10.9 Å². The van der Waals surface area contributed by atoms with Crippen molar-refractivity contribution in [3.63, 3.8) is 0 Å². The number of ether oxygens (including phenoxy) is 1. The van der Waals surface area contributed by atoms with Crippen LogP contribution < -0.4 is 5.73 Å². The number of hydrogen-bond donors (Lipinski definition) is 1. The zero-order valence-corrected chi connectivity index (χ0v) is 9.63. The molecule has 0 saturated heterocycles. The van der Waals surface area contributed by atoms with Gasteiger partial charge in [-0.15, -0.1) is 0 Å². The number of alkyl halides is 3. The molecule has 0 bridgehead atoms. The summed E-state index contributed by atoms with van der Waals surface area (Å²) < 4.78 is 42.5. The lowest BCUT2D eigenvalue weighted by Gasteiger charge is -2.14. The van der Waals surface area contributed by atoms with Crippen LogP contribution in [0, 0.1) is 0 Å². The van der Waals surface area contributed by atoms with E-state index in [1.807, 2.05) is 6.92 Å². The first-order valence-corrected chi connectivity index (χ1v) is 5.45. The Kier molecular flexibility index (Phi) is 4.96. The normalized spacial score (nSPS) is 13.7. The van der Waals surface area contributed by atoms with Gasteiger partial charge in [0.2, 0.25) is 0 Å². The van der Waals surface area contributed by atoms with Crippen LogP contribution in [0.2, 0.25) is 0 Å². The summed E-state index contributed by atoms with van der Waals surface area (Å²) in [6.07, 6.45) is -3.81. The highest BCUT2D eigenvalue weighted by atomic mass is 19.4. The highest BCUT2D eigenvalue weighted by molar-refractivity contribution is 5.27. The lowest BCUT2D eigenvalue weighted by atomic mass is 10.0. The fraction of sp³-hybridized carbons (Fsp3) is 0.500. The molecule has 0 aliphatic heterocycles. The van der Waals surface area contributed by atoms with E-state index in [2.05, 4.69) is 0 Å². The maximum absolute atomic E-state index is 12.5. The largest absolute Gasteiger partial charge is 0.416 e. The molecule has 0 radical (unpaired) electrons. The maximum atomic E-state index is 12.5. The van der Waals surface area contributed by atoms with Crippen molar-refractivity contribution in [1.82, 2.24) is 0 Å². The van der Waals surface area contributed by atoms with Gasteiger partial charge in [0.05, 0.1) is 5.56 Å². The van der Waals surface area contributed by atoms with Crippen molar-refractivity contribution in [3.05, 3.63) is 35.4 Å². The molecule has 2 nitrogen and oxygen atoms in total. The fourth-order valence-corrected chi connectivity index (χ4v) is 1.47. The maximum Gasteiger partial charge on any atom is 0.416 e. The van der Waals surface area contributed by atoms with E-state index < -0.39 is 17.8 Å². The quantitative estimate of drug-likeness (QED) is 0.811. The van der Waals surface area contributed by atoms with Gasteiger partial charge in [-0.25, -0.2) is 0 Å². The average molecular weight is 247 g/mol. The topological polar surface area (TPSA) is 35.2 Å². The highest BCUT2D eigenvalue weighted by Crippen LogP contribution is 2.30. The van der Waals surface area contributed by atoms with Crippen LogP contribution >= 0.6 is 0 Å². The van der Waals surface area contributed by atoms with Crippen LogP contribution in [-0.4, -0.2) is 13.2 Å². The average Bonchev–Trinajstić information content (AvgIpc) is 2.28. The van der Waals surface area contributed by atoms with Gasteiger partial charge < -0.3 is 10.5 Å². The molecule has 2 N–H and O–H groups in total. The first-order valence-electron chi connectivity index (χ1n) is 5.45. The van der Waals surface area contributed by atoms with E-state index in [0.717, 1.165) is 12.1 Å². The van der Waals surface area contributed by atoms with Crippen LogP contribution in [0.25, 0.3) is 0 Å². The van der Waals surface area contributed by atoms with Gasteiger partial charge in [-0.2, -0.15) is 13.2 Å². The minimum absolute atomic E-state index is 0.427. The molecule has 0 spiro atoms. The third kappa shape index (κ3) is 4.36. The molecule has 1 aromatic rings. The van der Waals surface area contributed by atoms with E-state index in [0.29, 0.717) is 25.2 Å². The second kappa shape index (κ2) is 6.02. The van der Waals surface area contributed by atoms with Gasteiger partial charge in [0.25, 0.3) is 0 Å². The van der Waals surface area contributed by atoms with Gasteiger partial charge in [0.15, 0.2) is 0 Å². The van der Waals surface area contributed by atoms with Crippen molar-refractivity contribution in [3.8, 4) is 0 Å². The minimum atomic E-state index is -4.32. The Morgan fingerprint density at radius 2 is 2.06 bits per heavy atom. The molecule has 0 amide bonds. The van der Waals surface area contributed by atoms with Crippen LogP contribution in [0.3, 0.4) is 0 Å². The molecular weight excluding hydrogens is 231 g/mol. The van der Waals surface area contributed by atoms with Gasteiger partial charge in [-0.3, -0.25) is 0 Å². The lowest BCUT2D eigenvalue weighted by Crippen LogP contribution is -2.14. The molecule has 96 valence electrons. The highest BCUT2D eigenvalue weighted by Gasteiger charge is 2.30. The summed E-state index contributed by atoms with van der Waals surface area (Å²) >= 11 is 0. The number of benzene rings is 1. The molecule has 0 aliphatic rings. The van der Waals surface area contributed by atoms with Crippen LogP contribution in [0.1, 0.15) is 30.5 Å². The molecule has 0 aromatic heterocycles. The first-order chi connectivity index (χ1) is 7.95. The Balaban J connectivity index is 2.71. The minimum Gasteiger partial charge on any atom is -0.382 e. The number of halogens is 3. The van der Waals surface area contributed by atoms with Gasteiger partial charge in [0.1, 0.15) is 0 Å². The summed E-state index contributed by atoms with van der Waals surface area (Å²) in [5, 5.41) is 0. The second-order valence-electron chi connectivity index (χ2n) is 3.72. The van der Waals surface area contributed by atoms with Gasteiger partial charge in [-0.1, -0.05) is 12.1 Å². The van der Waals surface area contributed by atoms with E-state index >= 15 is 0 Å². The van der Waals surface area contributed by atoms with Crippen LogP contribution in [0.15, 0.2) is 24.3 Å². The molecule has 0 fully saturated rings. The smallest absolute Gasteiger partial charge is 0.382 e. The zero-order valence-electron chi connectivity index (χ0n) is 9.63. The summed E-state index contributed by atoms with van der Waals surface area (Å²) in [7, 11) is 0. The van der Waals surface area contributed by atoms with Crippen LogP contribution in [0.5, 0.6) is 0 Å². The first kappa shape index (κ1) is 14.0. The van der Waals surface area contributed by atoms with E-state index in [1.165, 1.54) is 6.07 Å². The molecule has 1 unspecified atom stereocenters. The predicted octanol–water partition coefficient (Wildman–Crippen LogP) is 3.13. The molecule has 0 heterocycles. The predicted molar refractivity (Wildman–Crippen MR) is 59.5 cm³/mol. The third-order valence-electron chi connectivity index (χ3n) is 2.42. The SMILES string of the molecule is CCOCCC(N)c1cccc(C(F)(F)F)c1. The molecule has 0 aliphatic carbocycles. The van der Waals surface area contributed by atoms with Crippen molar-refractivity contribution < 1.29 is 17.9 Å². The molecular formula is C12H16F3NO. The van der Waals surface area contributed by atoms with E-state index in [1.54, 1.807) is 6.07 Å².